The van der Waals surface area contributed by atoms with Gasteiger partial charge >= 0.3 is 0 Å². The molecule has 0 heterocycles. The van der Waals surface area contributed by atoms with Gasteiger partial charge in [-0.3, -0.25) is 4.58 Å². The summed E-state index contributed by atoms with van der Waals surface area (Å²) >= 11 is 0. The highest BCUT2D eigenvalue weighted by Gasteiger charge is 1.77. The van der Waals surface area contributed by atoms with Gasteiger partial charge in [0.05, 0.1) is 9.76 Å². The molecule has 0 bridgehead atoms. The van der Waals surface area contributed by atoms with Gasteiger partial charge in [0.15, 0.2) is 0 Å². The third-order valence-electron chi connectivity index (χ3n) is 0.183. The Bertz CT molecular complexity index is 48.2. The van der Waals surface area contributed by atoms with Crippen LogP contribution in [0.5, 0.6) is 0 Å². The molecule has 3 nitrogen and oxygen atoms in total. The van der Waals surface area contributed by atoms with E-state index in [4.69, 9.17) is 0 Å². The molecule has 0 saturated heterocycles. The minimum atomic E-state index is 0.0782. The Labute approximate surface area is 47.3 Å². The lowest BCUT2D eigenvalue weighted by molar-refractivity contribution is -0.440. The van der Waals surface area contributed by atoms with Crippen molar-refractivity contribution < 1.29 is 14.5 Å². The van der Waals surface area contributed by atoms with Crippen LogP contribution in [0.15, 0.2) is 12.8 Å². The zero-order valence-corrected chi connectivity index (χ0v) is 5.51. The molecular weight excluding hydrogens is 128 g/mol. The van der Waals surface area contributed by atoms with E-state index in [2.05, 4.69) is 30.8 Å². The molecule has 0 unspecified atom stereocenters. The number of rotatable bonds is 4. The zero-order chi connectivity index (χ0) is 5.54. The van der Waals surface area contributed by atoms with Gasteiger partial charge in [0.1, 0.15) is 6.26 Å². The van der Waals surface area contributed by atoms with Crippen molar-refractivity contribution >= 4 is 19.0 Å². The number of hydrogen-bond donors (Lipinski definition) is 0. The van der Waals surface area contributed by atoms with Gasteiger partial charge in [0.25, 0.3) is 9.28 Å². The minimum absolute atomic E-state index is 0.0782. The molecule has 0 aliphatic carbocycles. The predicted octanol–water partition coefficient (Wildman–Crippen LogP) is -0.288. The largest absolute Gasteiger partial charge is 0.318 e. The Morgan fingerprint density at radius 2 is 2.43 bits per heavy atom. The zero-order valence-electron chi connectivity index (χ0n) is 3.51. The first-order valence-corrected chi connectivity index (χ1v) is 3.84. The van der Waals surface area contributed by atoms with Crippen molar-refractivity contribution in [3.8, 4) is 0 Å². The van der Waals surface area contributed by atoms with Crippen LogP contribution in [-0.2, 0) is 14.5 Å². The molecular formula is C2H3O3Si2. The smallest absolute Gasteiger partial charge is 0.259 e. The van der Waals surface area contributed by atoms with Gasteiger partial charge in [-0.2, -0.15) is 0 Å². The molecule has 37 valence electrons. The average molecular weight is 131 g/mol. The van der Waals surface area contributed by atoms with E-state index in [1.54, 1.807) is 0 Å². The maximum Gasteiger partial charge on any atom is 0.259 e. The second-order valence-electron chi connectivity index (χ2n) is 0.516. The molecule has 5 heteroatoms. The van der Waals surface area contributed by atoms with E-state index in [0.717, 1.165) is 6.26 Å². The Morgan fingerprint density at radius 3 is 2.86 bits per heavy atom. The maximum absolute atomic E-state index is 4.22. The van der Waals surface area contributed by atoms with Gasteiger partial charge in [0.2, 0.25) is 0 Å². The fourth-order valence-corrected chi connectivity index (χ4v) is 0.240. The summed E-state index contributed by atoms with van der Waals surface area (Å²) in [6.45, 7) is 3.19. The van der Waals surface area contributed by atoms with Crippen LogP contribution in [0, 0.1) is 0 Å². The molecule has 0 spiro atoms. The summed E-state index contributed by atoms with van der Waals surface area (Å²) in [5.41, 5.74) is 0. The van der Waals surface area contributed by atoms with Crippen LogP contribution in [0.4, 0.5) is 0 Å². The molecule has 0 atom stereocenters. The van der Waals surface area contributed by atoms with E-state index >= 15 is 0 Å². The van der Waals surface area contributed by atoms with E-state index < -0.39 is 0 Å². The Morgan fingerprint density at radius 1 is 1.71 bits per heavy atom. The van der Waals surface area contributed by atoms with Gasteiger partial charge in [-0.25, -0.2) is 0 Å². The van der Waals surface area contributed by atoms with Gasteiger partial charge in [-0.1, -0.05) is 6.58 Å². The monoisotopic (exact) mass is 131 g/mol. The third-order valence-corrected chi connectivity index (χ3v) is 0.584. The van der Waals surface area contributed by atoms with Crippen LogP contribution in [0.1, 0.15) is 0 Å². The molecule has 5 radical (unpaired) electrons. The van der Waals surface area contributed by atoms with Crippen LogP contribution in [-0.4, -0.2) is 19.0 Å². The summed E-state index contributed by atoms with van der Waals surface area (Å²) in [5, 5.41) is 3.98. The van der Waals surface area contributed by atoms with Crippen LogP contribution < -0.4 is 0 Å². The molecule has 0 aliphatic rings. The quantitative estimate of drug-likeness (QED) is 0.172. The summed E-state index contributed by atoms with van der Waals surface area (Å²) in [5.74, 6) is 0. The molecule has 0 rings (SSSR count). The van der Waals surface area contributed by atoms with E-state index in [9.17, 15) is 0 Å². The molecule has 0 aromatic heterocycles. The second kappa shape index (κ2) is 5.89. The molecule has 0 fully saturated rings. The molecule has 7 heavy (non-hydrogen) atoms. The summed E-state index contributed by atoms with van der Waals surface area (Å²) in [6.07, 6.45) is 1.12. The van der Waals surface area contributed by atoms with Crippen LogP contribution in [0.2, 0.25) is 0 Å². The maximum atomic E-state index is 4.22. The van der Waals surface area contributed by atoms with E-state index in [1.165, 1.54) is 0 Å². The normalized spacial score (nSPS) is 8.14. The summed E-state index contributed by atoms with van der Waals surface area (Å²) in [4.78, 5) is 4.09. The molecule has 0 aromatic carbocycles. The standard InChI is InChI=1S/C2H3O3Si2/c1-2-3-4-5-7-6/h2H,1H2. The summed E-state index contributed by atoms with van der Waals surface area (Å²) in [6, 6.07) is 0. The van der Waals surface area contributed by atoms with Crippen LogP contribution >= 0.6 is 0 Å². The van der Waals surface area contributed by atoms with Crippen molar-refractivity contribution in [1.29, 1.82) is 0 Å². The van der Waals surface area contributed by atoms with Crippen molar-refractivity contribution in [2.45, 2.75) is 0 Å². The van der Waals surface area contributed by atoms with Gasteiger partial charge < -0.3 is 4.89 Å². The molecule has 0 amide bonds. The first-order chi connectivity index (χ1) is 3.41. The second-order valence-corrected chi connectivity index (χ2v) is 1.50. The molecule has 0 aliphatic heterocycles. The Balaban J connectivity index is 2.56. The summed E-state index contributed by atoms with van der Waals surface area (Å²) < 4.78 is 4.22. The fourth-order valence-electron chi connectivity index (χ4n) is 0.0644. The topological polar surface area (TPSA) is 27.7 Å². The van der Waals surface area contributed by atoms with Crippen LogP contribution in [0.3, 0.4) is 0 Å². The van der Waals surface area contributed by atoms with Crippen LogP contribution in [0.25, 0.3) is 0 Å². The average Bonchev–Trinajstić information content (AvgIpc) is 1.69. The summed E-state index contributed by atoms with van der Waals surface area (Å²) in [7, 11) is 3.07. The van der Waals surface area contributed by atoms with E-state index in [-0.39, 0.29) is 9.28 Å². The van der Waals surface area contributed by atoms with E-state index in [1.807, 2.05) is 0 Å². The highest BCUT2D eigenvalue weighted by molar-refractivity contribution is 6.85. The molecule has 0 saturated carbocycles. The molecule has 0 aromatic rings. The van der Waals surface area contributed by atoms with Gasteiger partial charge in [-0.05, 0) is 5.04 Å². The third kappa shape index (κ3) is 5.89. The van der Waals surface area contributed by atoms with Crippen molar-refractivity contribution in [2.75, 3.05) is 0 Å². The van der Waals surface area contributed by atoms with Crippen molar-refractivity contribution in [3.63, 3.8) is 0 Å². The highest BCUT2D eigenvalue weighted by atomic mass is 29.1. The first kappa shape index (κ1) is 6.89. The fraction of sp³-hybridized carbons (Fsp3) is 0. The van der Waals surface area contributed by atoms with Crippen molar-refractivity contribution in [2.24, 2.45) is 0 Å². The lowest BCUT2D eigenvalue weighted by atomic mass is 11.2. The van der Waals surface area contributed by atoms with Gasteiger partial charge in [-0.15, -0.1) is 0 Å². The van der Waals surface area contributed by atoms with Crippen molar-refractivity contribution in [1.82, 2.24) is 0 Å². The lowest BCUT2D eigenvalue weighted by Crippen LogP contribution is -1.97. The highest BCUT2D eigenvalue weighted by Crippen LogP contribution is 1.74. The molecule has 0 N–H and O–H groups in total. The minimum Gasteiger partial charge on any atom is -0.318 e. The van der Waals surface area contributed by atoms with E-state index in [0.29, 0.717) is 0 Å². The first-order valence-electron chi connectivity index (χ1n) is 1.43. The number of hydrogen-bond acceptors (Lipinski definition) is 3. The Hall–Kier alpha value is -0.106. The predicted molar refractivity (Wildman–Crippen MR) is 25.0 cm³/mol. The SMILES string of the molecule is C=COOO[Si][Si]. The lowest BCUT2D eigenvalue weighted by Gasteiger charge is -1.92. The Kier molecular flexibility index (Phi) is 5.80. The van der Waals surface area contributed by atoms with Gasteiger partial charge in [0, 0.05) is 0 Å². The van der Waals surface area contributed by atoms with Crippen molar-refractivity contribution in [3.05, 3.63) is 12.8 Å².